The maximum Gasteiger partial charge on any atom is 0.198 e. The number of hydrogen-bond donors (Lipinski definition) is 2. The van der Waals surface area contributed by atoms with Gasteiger partial charge in [-0.3, -0.25) is 4.79 Å². The number of fused-ring (bicyclic) bond motifs is 2. The molecular formula is C15H15N3OS. The van der Waals surface area contributed by atoms with E-state index < -0.39 is 0 Å². The standard InChI is InChI=1S/C15H15N3OS/c19-14-10-3-1-2-4-12(10)17-15-11(14)9-13(20-15)18-7-5-16-6-8-18/h1-4,9,16H,5-8H2,(H,17,19). The van der Waals surface area contributed by atoms with Crippen LogP contribution in [-0.2, 0) is 0 Å². The molecule has 0 bridgehead atoms. The highest BCUT2D eigenvalue weighted by atomic mass is 32.1. The second-order valence-corrected chi connectivity index (χ2v) is 6.09. The zero-order chi connectivity index (χ0) is 13.5. The van der Waals surface area contributed by atoms with E-state index in [1.54, 1.807) is 11.3 Å². The largest absolute Gasteiger partial charge is 0.361 e. The quantitative estimate of drug-likeness (QED) is 0.720. The van der Waals surface area contributed by atoms with Gasteiger partial charge >= 0.3 is 0 Å². The second kappa shape index (κ2) is 4.61. The van der Waals surface area contributed by atoms with Gasteiger partial charge in [-0.15, -0.1) is 11.3 Å². The average molecular weight is 285 g/mol. The highest BCUT2D eigenvalue weighted by Gasteiger charge is 2.15. The molecule has 1 aliphatic rings. The molecule has 3 heterocycles. The van der Waals surface area contributed by atoms with Gasteiger partial charge in [0.25, 0.3) is 0 Å². The summed E-state index contributed by atoms with van der Waals surface area (Å²) in [6.07, 6.45) is 0. The van der Waals surface area contributed by atoms with E-state index in [4.69, 9.17) is 0 Å². The van der Waals surface area contributed by atoms with E-state index in [1.807, 2.05) is 30.3 Å². The summed E-state index contributed by atoms with van der Waals surface area (Å²) in [4.78, 5) is 19.2. The number of H-pyrrole nitrogens is 1. The molecule has 1 aliphatic heterocycles. The number of piperazine rings is 1. The molecule has 0 atom stereocenters. The monoisotopic (exact) mass is 285 g/mol. The first-order chi connectivity index (χ1) is 9.83. The molecule has 3 aromatic rings. The number of rotatable bonds is 1. The van der Waals surface area contributed by atoms with Gasteiger partial charge in [-0.25, -0.2) is 0 Å². The van der Waals surface area contributed by atoms with E-state index in [0.29, 0.717) is 0 Å². The Labute approximate surface area is 120 Å². The van der Waals surface area contributed by atoms with Gasteiger partial charge in [-0.05, 0) is 18.2 Å². The molecule has 4 nitrogen and oxygen atoms in total. The SMILES string of the molecule is O=c1c2ccccc2[nH]c2sc(N3CCNCC3)cc12. The minimum Gasteiger partial charge on any atom is -0.361 e. The van der Waals surface area contributed by atoms with Crippen molar-refractivity contribution >= 4 is 37.5 Å². The predicted octanol–water partition coefficient (Wildman–Crippen LogP) is 2.15. The zero-order valence-electron chi connectivity index (χ0n) is 11.0. The van der Waals surface area contributed by atoms with E-state index in [9.17, 15) is 4.79 Å². The Morgan fingerprint density at radius 1 is 1.10 bits per heavy atom. The van der Waals surface area contributed by atoms with Crippen LogP contribution >= 0.6 is 11.3 Å². The maximum atomic E-state index is 12.5. The van der Waals surface area contributed by atoms with Crippen molar-refractivity contribution in [3.05, 3.63) is 40.6 Å². The fraction of sp³-hybridized carbons (Fsp3) is 0.267. The molecule has 5 heteroatoms. The maximum absolute atomic E-state index is 12.5. The Kier molecular flexibility index (Phi) is 2.75. The number of thiophene rings is 1. The summed E-state index contributed by atoms with van der Waals surface area (Å²) >= 11 is 1.68. The molecule has 2 N–H and O–H groups in total. The molecule has 0 aliphatic carbocycles. The minimum atomic E-state index is 0.131. The number of pyridine rings is 1. The molecule has 0 radical (unpaired) electrons. The number of hydrogen-bond acceptors (Lipinski definition) is 4. The summed E-state index contributed by atoms with van der Waals surface area (Å²) < 4.78 is 0. The van der Waals surface area contributed by atoms with E-state index in [1.165, 1.54) is 5.00 Å². The highest BCUT2D eigenvalue weighted by Crippen LogP contribution is 2.31. The molecule has 0 spiro atoms. The smallest absolute Gasteiger partial charge is 0.198 e. The van der Waals surface area contributed by atoms with Gasteiger partial charge < -0.3 is 15.2 Å². The van der Waals surface area contributed by atoms with Gasteiger partial charge in [0.05, 0.1) is 15.9 Å². The van der Waals surface area contributed by atoms with Crippen molar-refractivity contribution in [1.82, 2.24) is 10.3 Å². The van der Waals surface area contributed by atoms with Crippen molar-refractivity contribution < 1.29 is 0 Å². The Morgan fingerprint density at radius 3 is 2.75 bits per heavy atom. The van der Waals surface area contributed by atoms with Crippen LogP contribution in [0.15, 0.2) is 35.1 Å². The molecule has 2 aromatic heterocycles. The van der Waals surface area contributed by atoms with E-state index in [2.05, 4.69) is 15.2 Å². The summed E-state index contributed by atoms with van der Waals surface area (Å²) in [5.41, 5.74) is 1.05. The van der Waals surface area contributed by atoms with Crippen molar-refractivity contribution in [2.45, 2.75) is 0 Å². The molecule has 0 saturated carbocycles. The lowest BCUT2D eigenvalue weighted by atomic mass is 10.2. The summed E-state index contributed by atoms with van der Waals surface area (Å²) in [6, 6.07) is 9.74. The van der Waals surface area contributed by atoms with Crippen LogP contribution in [0.25, 0.3) is 21.1 Å². The van der Waals surface area contributed by atoms with Crippen molar-refractivity contribution in [3.63, 3.8) is 0 Å². The van der Waals surface area contributed by atoms with Crippen molar-refractivity contribution in [2.24, 2.45) is 0 Å². The molecule has 1 fully saturated rings. The lowest BCUT2D eigenvalue weighted by molar-refractivity contribution is 0.592. The normalized spacial score (nSPS) is 16.1. The van der Waals surface area contributed by atoms with Crippen molar-refractivity contribution in [3.8, 4) is 0 Å². The molecule has 1 aromatic carbocycles. The van der Waals surface area contributed by atoms with E-state index in [0.717, 1.165) is 47.3 Å². The number of aromatic amines is 1. The third-order valence-corrected chi connectivity index (χ3v) is 4.92. The van der Waals surface area contributed by atoms with Crippen LogP contribution < -0.4 is 15.6 Å². The number of aromatic nitrogens is 1. The Hall–Kier alpha value is -1.85. The van der Waals surface area contributed by atoms with Crippen LogP contribution in [0.4, 0.5) is 5.00 Å². The zero-order valence-corrected chi connectivity index (χ0v) is 11.8. The van der Waals surface area contributed by atoms with Crippen LogP contribution in [0.5, 0.6) is 0 Å². The van der Waals surface area contributed by atoms with Gasteiger partial charge in [0.15, 0.2) is 5.43 Å². The first kappa shape index (κ1) is 11.9. The highest BCUT2D eigenvalue weighted by molar-refractivity contribution is 7.22. The Balaban J connectivity index is 1.92. The summed E-state index contributed by atoms with van der Waals surface area (Å²) in [6.45, 7) is 4.01. The number of para-hydroxylation sites is 1. The van der Waals surface area contributed by atoms with Crippen LogP contribution in [0.2, 0.25) is 0 Å². The molecule has 0 amide bonds. The lowest BCUT2D eigenvalue weighted by Crippen LogP contribution is -2.43. The van der Waals surface area contributed by atoms with E-state index in [-0.39, 0.29) is 5.43 Å². The number of nitrogens with one attached hydrogen (secondary N) is 2. The van der Waals surface area contributed by atoms with Gasteiger partial charge in [0.2, 0.25) is 0 Å². The molecule has 0 unspecified atom stereocenters. The Bertz CT molecular complexity index is 830. The number of anilines is 1. The fourth-order valence-electron chi connectivity index (χ4n) is 2.74. The topological polar surface area (TPSA) is 48.1 Å². The number of benzene rings is 1. The predicted molar refractivity (Wildman–Crippen MR) is 85.0 cm³/mol. The van der Waals surface area contributed by atoms with Gasteiger partial charge in [-0.1, -0.05) is 12.1 Å². The van der Waals surface area contributed by atoms with Crippen LogP contribution in [0, 0.1) is 0 Å². The first-order valence-corrected chi connectivity index (χ1v) is 7.65. The van der Waals surface area contributed by atoms with Crippen molar-refractivity contribution in [1.29, 1.82) is 0 Å². The van der Waals surface area contributed by atoms with Crippen LogP contribution in [0.3, 0.4) is 0 Å². The van der Waals surface area contributed by atoms with E-state index >= 15 is 0 Å². The molecular weight excluding hydrogens is 270 g/mol. The third-order valence-electron chi connectivity index (χ3n) is 3.81. The first-order valence-electron chi connectivity index (χ1n) is 6.83. The van der Waals surface area contributed by atoms with Gasteiger partial charge in [-0.2, -0.15) is 0 Å². The van der Waals surface area contributed by atoms with Gasteiger partial charge in [0, 0.05) is 31.6 Å². The van der Waals surface area contributed by atoms with Crippen LogP contribution in [0.1, 0.15) is 0 Å². The van der Waals surface area contributed by atoms with Crippen molar-refractivity contribution in [2.75, 3.05) is 31.1 Å². The summed E-state index contributed by atoms with van der Waals surface area (Å²) in [5.74, 6) is 0. The molecule has 4 rings (SSSR count). The molecule has 20 heavy (non-hydrogen) atoms. The summed E-state index contributed by atoms with van der Waals surface area (Å²) in [5, 5.41) is 6.11. The van der Waals surface area contributed by atoms with Crippen LogP contribution in [-0.4, -0.2) is 31.2 Å². The second-order valence-electron chi connectivity index (χ2n) is 5.06. The third kappa shape index (κ3) is 1.82. The lowest BCUT2D eigenvalue weighted by Gasteiger charge is -2.27. The molecule has 1 saturated heterocycles. The molecule has 102 valence electrons. The average Bonchev–Trinajstić information content (AvgIpc) is 2.93. The van der Waals surface area contributed by atoms with Gasteiger partial charge in [0.1, 0.15) is 4.83 Å². The number of nitrogens with zero attached hydrogens (tertiary/aromatic N) is 1. The fourth-order valence-corrected chi connectivity index (χ4v) is 3.86. The minimum absolute atomic E-state index is 0.131. The summed E-state index contributed by atoms with van der Waals surface area (Å²) in [7, 11) is 0. The Morgan fingerprint density at radius 2 is 1.90 bits per heavy atom.